The smallest absolute Gasteiger partial charge is 0.310 e. The van der Waals surface area contributed by atoms with Crippen LogP contribution in [0.25, 0.3) is 11.6 Å². The Balaban J connectivity index is 2.22. The molecule has 0 bridgehead atoms. The predicted octanol–water partition coefficient (Wildman–Crippen LogP) is 2.76. The molecule has 6 nitrogen and oxygen atoms in total. The van der Waals surface area contributed by atoms with Gasteiger partial charge in [-0.1, -0.05) is 19.0 Å². The minimum Gasteiger partial charge on any atom is -0.481 e. The fourth-order valence-corrected chi connectivity index (χ4v) is 2.00. The Hall–Kier alpha value is -2.11. The molecule has 0 unspecified atom stereocenters. The third-order valence-corrected chi connectivity index (χ3v) is 3.51. The Kier molecular flexibility index (Phi) is 3.69. The second-order valence-electron chi connectivity index (χ2n) is 4.46. The van der Waals surface area contributed by atoms with E-state index in [0.717, 1.165) is 0 Å². The molecule has 2 aromatic heterocycles. The van der Waals surface area contributed by atoms with E-state index in [1.54, 1.807) is 12.1 Å². The molecule has 0 fully saturated rings. The van der Waals surface area contributed by atoms with Crippen molar-refractivity contribution in [2.75, 3.05) is 0 Å². The zero-order valence-electron chi connectivity index (χ0n) is 10.9. The molecular formula is C13H16N2O4. The van der Waals surface area contributed by atoms with Crippen molar-refractivity contribution >= 4 is 5.97 Å². The first-order valence-electron chi connectivity index (χ1n) is 6.21. The summed E-state index contributed by atoms with van der Waals surface area (Å²) in [5.41, 5.74) is -0.854. The zero-order valence-corrected chi connectivity index (χ0v) is 10.9. The molecule has 2 heterocycles. The molecule has 102 valence electrons. The van der Waals surface area contributed by atoms with Gasteiger partial charge in [0.2, 0.25) is 11.7 Å². The first kappa shape index (κ1) is 13.3. The fraction of sp³-hybridized carbons (Fsp3) is 0.462. The van der Waals surface area contributed by atoms with Gasteiger partial charge in [0, 0.05) is 6.42 Å². The lowest BCUT2D eigenvalue weighted by Gasteiger charge is -2.24. The molecule has 1 N–H and O–H groups in total. The predicted molar refractivity (Wildman–Crippen MR) is 66.4 cm³/mol. The van der Waals surface area contributed by atoms with E-state index in [0.29, 0.717) is 30.3 Å². The van der Waals surface area contributed by atoms with Crippen LogP contribution in [0.3, 0.4) is 0 Å². The van der Waals surface area contributed by atoms with Crippen molar-refractivity contribution in [1.82, 2.24) is 10.1 Å². The maximum Gasteiger partial charge on any atom is 0.310 e. The minimum absolute atomic E-state index is 0.225. The van der Waals surface area contributed by atoms with Gasteiger partial charge in [0.25, 0.3) is 0 Å². The van der Waals surface area contributed by atoms with Crippen molar-refractivity contribution in [3.8, 4) is 11.6 Å². The van der Waals surface area contributed by atoms with Crippen molar-refractivity contribution in [2.24, 2.45) is 5.41 Å². The van der Waals surface area contributed by atoms with Crippen LogP contribution in [0.5, 0.6) is 0 Å². The van der Waals surface area contributed by atoms with Crippen LogP contribution in [-0.4, -0.2) is 21.2 Å². The van der Waals surface area contributed by atoms with Gasteiger partial charge in [0.15, 0.2) is 5.76 Å². The average Bonchev–Trinajstić information content (AvgIpc) is 3.06. The molecule has 0 saturated heterocycles. The van der Waals surface area contributed by atoms with Gasteiger partial charge in [-0.25, -0.2) is 0 Å². The highest BCUT2D eigenvalue weighted by molar-refractivity contribution is 5.74. The summed E-state index contributed by atoms with van der Waals surface area (Å²) in [4.78, 5) is 15.6. The van der Waals surface area contributed by atoms with E-state index >= 15 is 0 Å². The topological polar surface area (TPSA) is 89.4 Å². The zero-order chi connectivity index (χ0) is 13.9. The lowest BCUT2D eigenvalue weighted by Crippen LogP contribution is -2.32. The first-order chi connectivity index (χ1) is 9.11. The van der Waals surface area contributed by atoms with Gasteiger partial charge in [0.05, 0.1) is 11.7 Å². The third-order valence-electron chi connectivity index (χ3n) is 3.51. The summed E-state index contributed by atoms with van der Waals surface area (Å²) in [6, 6.07) is 3.45. The number of carboxylic acid groups (broad SMARTS) is 1. The van der Waals surface area contributed by atoms with Gasteiger partial charge < -0.3 is 14.0 Å². The van der Waals surface area contributed by atoms with Crippen LogP contribution in [-0.2, 0) is 11.2 Å². The molecule has 0 aliphatic heterocycles. The molecule has 2 aromatic rings. The van der Waals surface area contributed by atoms with E-state index in [2.05, 4.69) is 10.1 Å². The number of hydrogen-bond acceptors (Lipinski definition) is 5. The highest BCUT2D eigenvalue weighted by Crippen LogP contribution is 2.31. The van der Waals surface area contributed by atoms with E-state index in [9.17, 15) is 9.90 Å². The first-order valence-corrected chi connectivity index (χ1v) is 6.21. The second kappa shape index (κ2) is 5.26. The summed E-state index contributed by atoms with van der Waals surface area (Å²) in [7, 11) is 0. The molecule has 0 aliphatic rings. The van der Waals surface area contributed by atoms with E-state index in [4.69, 9.17) is 8.94 Å². The number of hydrogen-bond donors (Lipinski definition) is 1. The van der Waals surface area contributed by atoms with E-state index in [1.165, 1.54) is 6.26 Å². The lowest BCUT2D eigenvalue weighted by molar-refractivity contribution is -0.149. The molecule has 6 heteroatoms. The molecule has 19 heavy (non-hydrogen) atoms. The van der Waals surface area contributed by atoms with Gasteiger partial charge in [-0.3, -0.25) is 4.79 Å². The van der Waals surface area contributed by atoms with Crippen molar-refractivity contribution < 1.29 is 18.8 Å². The van der Waals surface area contributed by atoms with Crippen molar-refractivity contribution in [1.29, 1.82) is 0 Å². The van der Waals surface area contributed by atoms with Crippen LogP contribution < -0.4 is 0 Å². The van der Waals surface area contributed by atoms with Crippen molar-refractivity contribution in [2.45, 2.75) is 33.1 Å². The van der Waals surface area contributed by atoms with Gasteiger partial charge in [-0.05, 0) is 25.0 Å². The van der Waals surface area contributed by atoms with Crippen LogP contribution in [0.15, 0.2) is 27.3 Å². The summed E-state index contributed by atoms with van der Waals surface area (Å²) in [6.45, 7) is 3.70. The second-order valence-corrected chi connectivity index (χ2v) is 4.46. The summed E-state index contributed by atoms with van der Waals surface area (Å²) in [6.07, 6.45) is 2.77. The van der Waals surface area contributed by atoms with E-state index < -0.39 is 11.4 Å². The minimum atomic E-state index is -0.854. The molecule has 0 atom stereocenters. The fourth-order valence-electron chi connectivity index (χ4n) is 2.00. The van der Waals surface area contributed by atoms with Crippen LogP contribution in [0.4, 0.5) is 0 Å². The van der Waals surface area contributed by atoms with Crippen molar-refractivity contribution in [3.05, 3.63) is 24.3 Å². The maximum atomic E-state index is 11.4. The maximum absolute atomic E-state index is 11.4. The van der Waals surface area contributed by atoms with Crippen LogP contribution >= 0.6 is 0 Å². The molecule has 0 spiro atoms. The standard InChI is InChI=1S/C13H16N2O4/c1-3-13(4-2,12(16)17)8-10-14-11(15-19-10)9-6-5-7-18-9/h5-7H,3-4,8H2,1-2H3,(H,16,17). The molecule has 0 amide bonds. The third kappa shape index (κ3) is 2.52. The Bertz CT molecular complexity index is 541. The summed E-state index contributed by atoms with van der Waals surface area (Å²) in [5, 5.41) is 13.2. The summed E-state index contributed by atoms with van der Waals surface area (Å²) in [5.74, 6) is 0.322. The quantitative estimate of drug-likeness (QED) is 0.862. The van der Waals surface area contributed by atoms with Gasteiger partial charge in [0.1, 0.15) is 0 Å². The number of furan rings is 1. The van der Waals surface area contributed by atoms with E-state index in [-0.39, 0.29) is 6.42 Å². The number of rotatable bonds is 6. The van der Waals surface area contributed by atoms with Crippen molar-refractivity contribution in [3.63, 3.8) is 0 Å². The largest absolute Gasteiger partial charge is 0.481 e. The molecule has 2 rings (SSSR count). The molecule has 0 aromatic carbocycles. The molecule has 0 aliphatic carbocycles. The SMILES string of the molecule is CCC(CC)(Cc1nc(-c2ccco2)no1)C(=O)O. The molecular weight excluding hydrogens is 248 g/mol. The average molecular weight is 264 g/mol. The number of aromatic nitrogens is 2. The Morgan fingerprint density at radius 2 is 2.16 bits per heavy atom. The number of aliphatic carboxylic acids is 1. The lowest BCUT2D eigenvalue weighted by atomic mass is 9.79. The van der Waals surface area contributed by atoms with Crippen LogP contribution in [0, 0.1) is 5.41 Å². The van der Waals surface area contributed by atoms with Crippen LogP contribution in [0.1, 0.15) is 32.6 Å². The Morgan fingerprint density at radius 3 is 2.68 bits per heavy atom. The highest BCUT2D eigenvalue weighted by atomic mass is 16.5. The summed E-state index contributed by atoms with van der Waals surface area (Å²) < 4.78 is 10.3. The number of nitrogens with zero attached hydrogens (tertiary/aromatic N) is 2. The van der Waals surface area contributed by atoms with E-state index in [1.807, 2.05) is 13.8 Å². The molecule has 0 saturated carbocycles. The Morgan fingerprint density at radius 1 is 1.42 bits per heavy atom. The highest BCUT2D eigenvalue weighted by Gasteiger charge is 2.37. The summed E-state index contributed by atoms with van der Waals surface area (Å²) >= 11 is 0. The van der Waals surface area contributed by atoms with Crippen LogP contribution in [0.2, 0.25) is 0 Å². The van der Waals surface area contributed by atoms with Gasteiger partial charge >= 0.3 is 5.97 Å². The van der Waals surface area contributed by atoms with Gasteiger partial charge in [-0.15, -0.1) is 0 Å². The number of carboxylic acids is 1. The Labute approximate surface area is 110 Å². The normalized spacial score (nSPS) is 11.7. The monoisotopic (exact) mass is 264 g/mol. The van der Waals surface area contributed by atoms with Gasteiger partial charge in [-0.2, -0.15) is 4.98 Å². The molecule has 0 radical (unpaired) electrons. The number of carbonyl (C=O) groups is 1.